The third-order valence-corrected chi connectivity index (χ3v) is 4.71. The molecular weight excluding hydrogens is 236 g/mol. The molecule has 2 nitrogen and oxygen atoms in total. The average Bonchev–Trinajstić information content (AvgIpc) is 2.33. The molecule has 0 saturated heterocycles. The summed E-state index contributed by atoms with van der Waals surface area (Å²) in [6, 6.07) is 1.73. The Morgan fingerprint density at radius 2 is 1.42 bits per heavy atom. The van der Waals surface area contributed by atoms with Crippen LogP contribution in [0.15, 0.2) is 6.07 Å². The smallest absolute Gasteiger partial charge is 0.123 e. The Morgan fingerprint density at radius 1 is 0.947 bits per heavy atom. The first-order chi connectivity index (χ1) is 8.58. The molecule has 0 radical (unpaired) electrons. The van der Waals surface area contributed by atoms with E-state index < -0.39 is 0 Å². The van der Waals surface area contributed by atoms with Gasteiger partial charge in [-0.3, -0.25) is 0 Å². The van der Waals surface area contributed by atoms with E-state index in [4.69, 9.17) is 0 Å². The van der Waals surface area contributed by atoms with Gasteiger partial charge in [0.25, 0.3) is 0 Å². The molecule has 2 N–H and O–H groups in total. The average molecular weight is 264 g/mol. The van der Waals surface area contributed by atoms with Gasteiger partial charge < -0.3 is 10.2 Å². The summed E-state index contributed by atoms with van der Waals surface area (Å²) >= 11 is 0. The fourth-order valence-electron chi connectivity index (χ4n) is 2.46. The predicted molar refractivity (Wildman–Crippen MR) is 81.1 cm³/mol. The molecule has 108 valence electrons. The zero-order valence-corrected chi connectivity index (χ0v) is 13.4. The van der Waals surface area contributed by atoms with E-state index in [1.165, 1.54) is 0 Å². The Morgan fingerprint density at radius 3 is 1.84 bits per heavy atom. The van der Waals surface area contributed by atoms with Crippen molar-refractivity contribution in [2.24, 2.45) is 0 Å². The summed E-state index contributed by atoms with van der Waals surface area (Å²) in [4.78, 5) is 0. The molecule has 2 heteroatoms. The lowest BCUT2D eigenvalue weighted by atomic mass is 9.74. The molecule has 0 fully saturated rings. The van der Waals surface area contributed by atoms with Crippen LogP contribution in [0.25, 0.3) is 0 Å². The minimum Gasteiger partial charge on any atom is -0.508 e. The molecule has 19 heavy (non-hydrogen) atoms. The van der Waals surface area contributed by atoms with E-state index in [0.29, 0.717) is 5.75 Å². The van der Waals surface area contributed by atoms with E-state index >= 15 is 0 Å². The molecule has 0 saturated carbocycles. The highest BCUT2D eigenvalue weighted by Crippen LogP contribution is 2.46. The van der Waals surface area contributed by atoms with Crippen LogP contribution in [0.4, 0.5) is 0 Å². The molecule has 0 heterocycles. The number of hydrogen-bond acceptors (Lipinski definition) is 2. The Hall–Kier alpha value is -1.18. The lowest BCUT2D eigenvalue weighted by molar-refractivity contribution is 0.389. The summed E-state index contributed by atoms with van der Waals surface area (Å²) in [5.74, 6) is 0.639. The number of benzene rings is 1. The summed E-state index contributed by atoms with van der Waals surface area (Å²) < 4.78 is 0. The standard InChI is InChI=1S/C17H28O2/c1-8-16(4,5)12-10-13(18)11(3)14(15(12)19)17(6,7)9-2/h10,18-19H,8-9H2,1-7H3. The summed E-state index contributed by atoms with van der Waals surface area (Å²) in [6.45, 7) is 14.5. The van der Waals surface area contributed by atoms with Gasteiger partial charge >= 0.3 is 0 Å². The fourth-order valence-corrected chi connectivity index (χ4v) is 2.46. The van der Waals surface area contributed by atoms with Gasteiger partial charge in [0.2, 0.25) is 0 Å². The molecular formula is C17H28O2. The van der Waals surface area contributed by atoms with Crippen molar-refractivity contribution in [2.75, 3.05) is 0 Å². The molecule has 0 bridgehead atoms. The van der Waals surface area contributed by atoms with Crippen molar-refractivity contribution >= 4 is 0 Å². The van der Waals surface area contributed by atoms with Crippen LogP contribution < -0.4 is 0 Å². The van der Waals surface area contributed by atoms with Gasteiger partial charge in [-0.2, -0.15) is 0 Å². The Bertz CT molecular complexity index is 471. The largest absolute Gasteiger partial charge is 0.508 e. The Labute approximate surface area is 117 Å². The fraction of sp³-hybridized carbons (Fsp3) is 0.647. The zero-order valence-electron chi connectivity index (χ0n) is 13.4. The van der Waals surface area contributed by atoms with Crippen molar-refractivity contribution in [2.45, 2.75) is 72.1 Å². The van der Waals surface area contributed by atoms with Crippen LogP contribution in [0.1, 0.15) is 71.1 Å². The maximum Gasteiger partial charge on any atom is 0.123 e. The highest BCUT2D eigenvalue weighted by atomic mass is 16.3. The van der Waals surface area contributed by atoms with Crippen molar-refractivity contribution in [3.8, 4) is 11.5 Å². The molecule has 0 atom stereocenters. The normalized spacial score (nSPS) is 12.8. The number of phenols is 2. The lowest BCUT2D eigenvalue weighted by Gasteiger charge is -2.32. The van der Waals surface area contributed by atoms with E-state index in [1.54, 1.807) is 6.07 Å². The van der Waals surface area contributed by atoms with Crippen molar-refractivity contribution < 1.29 is 10.2 Å². The van der Waals surface area contributed by atoms with Crippen molar-refractivity contribution in [1.82, 2.24) is 0 Å². The SMILES string of the molecule is CCC(C)(C)c1cc(O)c(C)c(C(C)(C)CC)c1O. The third-order valence-electron chi connectivity index (χ3n) is 4.71. The molecule has 0 aliphatic heterocycles. The second-order valence-corrected chi connectivity index (χ2v) is 6.77. The number of aromatic hydroxyl groups is 2. The highest BCUT2D eigenvalue weighted by Gasteiger charge is 2.31. The molecule has 0 amide bonds. The monoisotopic (exact) mass is 264 g/mol. The van der Waals surface area contributed by atoms with Gasteiger partial charge in [-0.15, -0.1) is 0 Å². The highest BCUT2D eigenvalue weighted by molar-refractivity contribution is 5.57. The quantitative estimate of drug-likeness (QED) is 0.768. The summed E-state index contributed by atoms with van der Waals surface area (Å²) in [6.07, 6.45) is 1.83. The van der Waals surface area contributed by atoms with Crippen molar-refractivity contribution in [1.29, 1.82) is 0 Å². The summed E-state index contributed by atoms with van der Waals surface area (Å²) in [7, 11) is 0. The number of rotatable bonds is 4. The van der Waals surface area contributed by atoms with Crippen LogP contribution in [0.5, 0.6) is 11.5 Å². The molecule has 0 aliphatic carbocycles. The Balaban J connectivity index is 3.66. The van der Waals surface area contributed by atoms with E-state index in [-0.39, 0.29) is 16.6 Å². The molecule has 0 aromatic heterocycles. The first-order valence-corrected chi connectivity index (χ1v) is 7.15. The van der Waals surface area contributed by atoms with Crippen molar-refractivity contribution in [3.63, 3.8) is 0 Å². The van der Waals surface area contributed by atoms with Crippen LogP contribution >= 0.6 is 0 Å². The first kappa shape index (κ1) is 15.9. The second-order valence-electron chi connectivity index (χ2n) is 6.77. The predicted octanol–water partition coefficient (Wildman–Crippen LogP) is 4.78. The molecule has 0 spiro atoms. The van der Waals surface area contributed by atoms with Crippen LogP contribution in [0, 0.1) is 6.92 Å². The zero-order chi connectivity index (χ0) is 15.0. The van der Waals surface area contributed by atoms with Crippen LogP contribution in [-0.2, 0) is 10.8 Å². The molecule has 0 unspecified atom stereocenters. The molecule has 1 rings (SSSR count). The topological polar surface area (TPSA) is 40.5 Å². The summed E-state index contributed by atoms with van der Waals surface area (Å²) in [5, 5.41) is 20.9. The number of phenolic OH excluding ortho intramolecular Hbond substituents is 2. The van der Waals surface area contributed by atoms with Gasteiger partial charge in [0, 0.05) is 11.1 Å². The lowest BCUT2D eigenvalue weighted by Crippen LogP contribution is -2.22. The minimum atomic E-state index is -0.147. The van der Waals surface area contributed by atoms with Gasteiger partial charge in [0.1, 0.15) is 11.5 Å². The van der Waals surface area contributed by atoms with Crippen LogP contribution in [0.3, 0.4) is 0 Å². The van der Waals surface area contributed by atoms with Gasteiger partial charge in [0.15, 0.2) is 0 Å². The van der Waals surface area contributed by atoms with Crippen LogP contribution in [-0.4, -0.2) is 10.2 Å². The second kappa shape index (κ2) is 5.07. The molecule has 0 aliphatic rings. The Kier molecular flexibility index (Phi) is 4.23. The van der Waals surface area contributed by atoms with E-state index in [2.05, 4.69) is 41.5 Å². The van der Waals surface area contributed by atoms with E-state index in [9.17, 15) is 10.2 Å². The van der Waals surface area contributed by atoms with Crippen molar-refractivity contribution in [3.05, 3.63) is 22.8 Å². The van der Waals surface area contributed by atoms with Gasteiger partial charge in [-0.1, -0.05) is 41.5 Å². The third kappa shape index (κ3) is 2.72. The number of hydrogen-bond donors (Lipinski definition) is 2. The molecule has 1 aromatic rings. The van der Waals surface area contributed by atoms with E-state index in [1.807, 2.05) is 6.92 Å². The van der Waals surface area contributed by atoms with Gasteiger partial charge in [-0.25, -0.2) is 0 Å². The van der Waals surface area contributed by atoms with E-state index in [0.717, 1.165) is 29.5 Å². The first-order valence-electron chi connectivity index (χ1n) is 7.15. The van der Waals surface area contributed by atoms with Crippen LogP contribution in [0.2, 0.25) is 0 Å². The van der Waals surface area contributed by atoms with Gasteiger partial charge in [0.05, 0.1) is 0 Å². The summed E-state index contributed by atoms with van der Waals surface area (Å²) in [5.41, 5.74) is 2.22. The maximum absolute atomic E-state index is 10.7. The minimum absolute atomic E-state index is 0.145. The molecule has 1 aromatic carbocycles. The van der Waals surface area contributed by atoms with Gasteiger partial charge in [-0.05, 0) is 42.2 Å². The maximum atomic E-state index is 10.7.